The van der Waals surface area contributed by atoms with Gasteiger partial charge in [-0.05, 0) is 31.9 Å². The van der Waals surface area contributed by atoms with Gasteiger partial charge in [-0.2, -0.15) is 5.10 Å². The Hall–Kier alpha value is -2.59. The van der Waals surface area contributed by atoms with Gasteiger partial charge in [0.05, 0.1) is 23.1 Å². The van der Waals surface area contributed by atoms with Crippen molar-refractivity contribution in [1.82, 2.24) is 24.1 Å². The van der Waals surface area contributed by atoms with Crippen molar-refractivity contribution < 1.29 is 17.9 Å². The van der Waals surface area contributed by atoms with Crippen LogP contribution in [0.3, 0.4) is 0 Å². The van der Waals surface area contributed by atoms with Crippen molar-refractivity contribution in [2.24, 2.45) is 7.05 Å². The summed E-state index contributed by atoms with van der Waals surface area (Å²) in [5, 5.41) is 5.82. The van der Waals surface area contributed by atoms with E-state index in [-0.39, 0.29) is 18.8 Å². The Kier molecular flexibility index (Phi) is 6.13. The highest BCUT2D eigenvalue weighted by Gasteiger charge is 2.21. The van der Waals surface area contributed by atoms with Gasteiger partial charge in [0.1, 0.15) is 11.5 Å². The van der Waals surface area contributed by atoms with Crippen molar-refractivity contribution in [2.45, 2.75) is 26.7 Å². The van der Waals surface area contributed by atoms with Crippen molar-refractivity contribution in [3.63, 3.8) is 0 Å². The summed E-state index contributed by atoms with van der Waals surface area (Å²) < 4.78 is 34.8. The van der Waals surface area contributed by atoms with E-state index in [4.69, 9.17) is 16.3 Å². The summed E-state index contributed by atoms with van der Waals surface area (Å²) in [6.07, 6.45) is 3.20. The van der Waals surface area contributed by atoms with Crippen LogP contribution in [0.4, 0.5) is 4.79 Å². The lowest BCUT2D eigenvalue weighted by Gasteiger charge is -2.10. The molecule has 0 saturated heterocycles. The van der Waals surface area contributed by atoms with Crippen LogP contribution in [-0.4, -0.2) is 46.2 Å². The second kappa shape index (κ2) is 8.42. The number of hydrogen-bond acceptors (Lipinski definition) is 6. The van der Waals surface area contributed by atoms with Gasteiger partial charge in [0, 0.05) is 30.4 Å². The van der Waals surface area contributed by atoms with E-state index < -0.39 is 16.1 Å². The molecule has 0 fully saturated rings. The second-order valence-corrected chi connectivity index (χ2v) is 8.85. The molecule has 3 heterocycles. The molecule has 0 bridgehead atoms. The number of ether oxygens (including phenoxy) is 1. The number of carbonyl (C=O) groups is 1. The minimum absolute atomic E-state index is 0.158. The highest BCUT2D eigenvalue weighted by atomic mass is 35.5. The Morgan fingerprint density at radius 1 is 1.38 bits per heavy atom. The van der Waals surface area contributed by atoms with Gasteiger partial charge in [-0.3, -0.25) is 9.25 Å². The van der Waals surface area contributed by atoms with Gasteiger partial charge in [0.15, 0.2) is 0 Å². The van der Waals surface area contributed by atoms with Crippen LogP contribution in [-0.2, 0) is 28.2 Å². The number of aryl methyl sites for hydroxylation is 2. The number of halogens is 1. The van der Waals surface area contributed by atoms with E-state index in [2.05, 4.69) is 10.1 Å². The maximum Gasteiger partial charge on any atom is 0.420 e. The Bertz CT molecular complexity index is 1150. The van der Waals surface area contributed by atoms with Crippen LogP contribution in [0.1, 0.15) is 24.6 Å². The zero-order valence-electron chi connectivity index (χ0n) is 16.3. The van der Waals surface area contributed by atoms with E-state index in [1.54, 1.807) is 24.0 Å². The third kappa shape index (κ3) is 4.70. The fourth-order valence-corrected chi connectivity index (χ4v) is 4.14. The second-order valence-electron chi connectivity index (χ2n) is 6.57. The lowest BCUT2D eigenvalue weighted by molar-refractivity contribution is 0.152. The number of aromatic nitrogens is 4. The summed E-state index contributed by atoms with van der Waals surface area (Å²) in [5.74, 6) is 0.419. The molecule has 0 aliphatic heterocycles. The first-order chi connectivity index (χ1) is 13.7. The molecule has 0 aliphatic carbocycles. The zero-order chi connectivity index (χ0) is 21.2. The first-order valence-corrected chi connectivity index (χ1v) is 11.1. The number of rotatable bonds is 7. The molecule has 0 aliphatic rings. The number of amides is 1. The molecule has 0 aromatic carbocycles. The van der Waals surface area contributed by atoms with Crippen LogP contribution in [0.5, 0.6) is 0 Å². The van der Waals surface area contributed by atoms with E-state index in [0.29, 0.717) is 28.6 Å². The lowest BCUT2D eigenvalue weighted by atomic mass is 10.2. The zero-order valence-corrected chi connectivity index (χ0v) is 17.9. The monoisotopic (exact) mass is 439 g/mol. The third-order valence-corrected chi connectivity index (χ3v) is 5.76. The quantitative estimate of drug-likeness (QED) is 0.606. The average molecular weight is 440 g/mol. The van der Waals surface area contributed by atoms with Crippen molar-refractivity contribution >= 4 is 38.8 Å². The molecule has 0 spiro atoms. The fraction of sp³-hybridized carbons (Fsp3) is 0.389. The third-order valence-electron chi connectivity index (χ3n) is 4.33. The van der Waals surface area contributed by atoms with Crippen molar-refractivity contribution in [3.05, 3.63) is 40.8 Å². The minimum atomic E-state index is -3.85. The maximum absolute atomic E-state index is 12.3. The van der Waals surface area contributed by atoms with Gasteiger partial charge in [-0.1, -0.05) is 18.5 Å². The summed E-state index contributed by atoms with van der Waals surface area (Å²) in [5.41, 5.74) is 2.12. The number of pyridine rings is 1. The lowest BCUT2D eigenvalue weighted by Crippen LogP contribution is -2.33. The molecule has 0 saturated carbocycles. The molecule has 3 aromatic heterocycles. The van der Waals surface area contributed by atoms with Gasteiger partial charge in [-0.25, -0.2) is 22.9 Å². The fourth-order valence-electron chi connectivity index (χ4n) is 3.09. The van der Waals surface area contributed by atoms with Crippen LogP contribution < -0.4 is 4.72 Å². The summed E-state index contributed by atoms with van der Waals surface area (Å²) in [6.45, 7) is 3.79. The number of fused-ring (bicyclic) bond motifs is 1. The van der Waals surface area contributed by atoms with Crippen LogP contribution in [0, 0.1) is 6.92 Å². The number of sulfonamides is 1. The SMILES string of the molecule is CCCOC(=O)NS(=O)(=O)CCc1c(C)nn(C)c1-n1ccc2cc(Cl)cnc21. The predicted molar refractivity (Wildman–Crippen MR) is 110 cm³/mol. The topological polar surface area (TPSA) is 108 Å². The van der Waals surface area contributed by atoms with Gasteiger partial charge in [0.2, 0.25) is 10.0 Å². The highest BCUT2D eigenvalue weighted by molar-refractivity contribution is 7.90. The first kappa shape index (κ1) is 21.1. The number of carbonyl (C=O) groups excluding carboxylic acids is 1. The van der Waals surface area contributed by atoms with Crippen LogP contribution >= 0.6 is 11.6 Å². The van der Waals surface area contributed by atoms with E-state index in [0.717, 1.165) is 10.9 Å². The molecule has 0 radical (unpaired) electrons. The van der Waals surface area contributed by atoms with E-state index >= 15 is 0 Å². The minimum Gasteiger partial charge on any atom is -0.449 e. The summed E-state index contributed by atoms with van der Waals surface area (Å²) in [6, 6.07) is 3.68. The summed E-state index contributed by atoms with van der Waals surface area (Å²) in [7, 11) is -2.07. The Labute approximate surface area is 173 Å². The van der Waals surface area contributed by atoms with Gasteiger partial charge in [0.25, 0.3) is 0 Å². The number of nitrogens with zero attached hydrogens (tertiary/aromatic N) is 4. The molecule has 3 aromatic rings. The predicted octanol–water partition coefficient (Wildman–Crippen LogP) is 2.73. The first-order valence-electron chi connectivity index (χ1n) is 9.04. The smallest absolute Gasteiger partial charge is 0.420 e. The van der Waals surface area contributed by atoms with Crippen LogP contribution in [0.25, 0.3) is 16.9 Å². The molecular formula is C18H22ClN5O4S. The number of hydrogen-bond donors (Lipinski definition) is 1. The molecule has 3 rings (SSSR count). The summed E-state index contributed by atoms with van der Waals surface area (Å²) >= 11 is 6.01. The van der Waals surface area contributed by atoms with E-state index in [1.165, 1.54) is 0 Å². The van der Waals surface area contributed by atoms with Crippen LogP contribution in [0.15, 0.2) is 24.5 Å². The molecule has 11 heteroatoms. The largest absolute Gasteiger partial charge is 0.449 e. The maximum atomic E-state index is 12.3. The molecule has 0 unspecified atom stereocenters. The van der Waals surface area contributed by atoms with Crippen molar-refractivity contribution in [3.8, 4) is 5.82 Å². The van der Waals surface area contributed by atoms with Crippen LogP contribution in [0.2, 0.25) is 5.02 Å². The van der Waals surface area contributed by atoms with Gasteiger partial charge in [-0.15, -0.1) is 0 Å². The van der Waals surface area contributed by atoms with E-state index in [1.807, 2.05) is 35.4 Å². The molecule has 1 amide bonds. The van der Waals surface area contributed by atoms with Gasteiger partial charge >= 0.3 is 6.09 Å². The highest BCUT2D eigenvalue weighted by Crippen LogP contribution is 2.25. The Morgan fingerprint density at radius 2 is 2.14 bits per heavy atom. The Morgan fingerprint density at radius 3 is 2.86 bits per heavy atom. The molecule has 9 nitrogen and oxygen atoms in total. The molecule has 29 heavy (non-hydrogen) atoms. The van der Waals surface area contributed by atoms with Crippen molar-refractivity contribution in [1.29, 1.82) is 0 Å². The molecule has 0 atom stereocenters. The molecule has 1 N–H and O–H groups in total. The van der Waals surface area contributed by atoms with E-state index in [9.17, 15) is 13.2 Å². The normalized spacial score (nSPS) is 11.7. The Balaban J connectivity index is 1.87. The molecular weight excluding hydrogens is 418 g/mol. The summed E-state index contributed by atoms with van der Waals surface area (Å²) in [4.78, 5) is 16.0. The molecule has 156 valence electrons. The number of nitrogens with one attached hydrogen (secondary N) is 1. The van der Waals surface area contributed by atoms with Gasteiger partial charge < -0.3 is 4.74 Å². The van der Waals surface area contributed by atoms with Crippen molar-refractivity contribution in [2.75, 3.05) is 12.4 Å². The standard InChI is InChI=1S/C18H22ClN5O4S/c1-4-8-28-18(25)22-29(26,27)9-6-15-12(2)21-23(3)17(15)24-7-5-13-10-14(19)11-20-16(13)24/h5,7,10-11H,4,6,8-9H2,1-3H3,(H,22,25). The average Bonchev–Trinajstić information content (AvgIpc) is 3.16.